The molecule has 0 spiro atoms. The van der Waals surface area contributed by atoms with Crippen molar-refractivity contribution in [3.05, 3.63) is 59.7 Å². The molecule has 0 saturated carbocycles. The molecule has 3 heteroatoms. The highest BCUT2D eigenvalue weighted by molar-refractivity contribution is 5.72. The van der Waals surface area contributed by atoms with Crippen LogP contribution in [0.2, 0.25) is 0 Å². The molecule has 0 atom stereocenters. The number of ether oxygens (including phenoxy) is 2. The Hall–Kier alpha value is -2.29. The molecule has 0 fully saturated rings. The monoisotopic (exact) mass is 270 g/mol. The van der Waals surface area contributed by atoms with Gasteiger partial charge in [0.25, 0.3) is 0 Å². The highest BCUT2D eigenvalue weighted by Gasteiger charge is 2.05. The first-order chi connectivity index (χ1) is 9.67. The molecule has 0 aromatic heterocycles. The summed E-state index contributed by atoms with van der Waals surface area (Å²) in [5, 5.41) is 0. The van der Waals surface area contributed by atoms with Crippen LogP contribution in [0.3, 0.4) is 0 Å². The molecule has 2 aromatic carbocycles. The molecule has 0 unspecified atom stereocenters. The summed E-state index contributed by atoms with van der Waals surface area (Å²) < 4.78 is 10.4. The third kappa shape index (κ3) is 4.12. The summed E-state index contributed by atoms with van der Waals surface area (Å²) in [4.78, 5) is 11.7. The highest BCUT2D eigenvalue weighted by atomic mass is 16.5. The standard InChI is InChI=1S/C17H18O3/c1-13-3-8-16(9-4-13)20-17(18)12-7-14-5-10-15(19-2)11-6-14/h3-6,8-11H,7,12H2,1-2H3. The largest absolute Gasteiger partial charge is 0.497 e. The van der Waals surface area contributed by atoms with Gasteiger partial charge in [-0.2, -0.15) is 0 Å². The maximum absolute atomic E-state index is 11.7. The Bertz CT molecular complexity index is 556. The van der Waals surface area contributed by atoms with Gasteiger partial charge in [-0.3, -0.25) is 4.79 Å². The zero-order valence-corrected chi connectivity index (χ0v) is 11.8. The van der Waals surface area contributed by atoms with Crippen LogP contribution in [0, 0.1) is 6.92 Å². The van der Waals surface area contributed by atoms with E-state index < -0.39 is 0 Å². The second-order valence-electron chi connectivity index (χ2n) is 4.64. The van der Waals surface area contributed by atoms with Gasteiger partial charge in [-0.05, 0) is 43.2 Å². The molecule has 0 aliphatic heterocycles. The third-order valence-electron chi connectivity index (χ3n) is 3.03. The number of carbonyl (C=O) groups is 1. The highest BCUT2D eigenvalue weighted by Crippen LogP contribution is 2.15. The summed E-state index contributed by atoms with van der Waals surface area (Å²) in [6, 6.07) is 15.1. The van der Waals surface area contributed by atoms with Crippen molar-refractivity contribution >= 4 is 5.97 Å². The van der Waals surface area contributed by atoms with Gasteiger partial charge in [0.05, 0.1) is 7.11 Å². The summed E-state index contributed by atoms with van der Waals surface area (Å²) >= 11 is 0. The number of hydrogen-bond acceptors (Lipinski definition) is 3. The lowest BCUT2D eigenvalue weighted by Crippen LogP contribution is -2.08. The van der Waals surface area contributed by atoms with Gasteiger partial charge in [-0.25, -0.2) is 0 Å². The predicted octanol–water partition coefficient (Wildman–Crippen LogP) is 3.54. The van der Waals surface area contributed by atoms with Crippen molar-refractivity contribution in [2.45, 2.75) is 19.8 Å². The van der Waals surface area contributed by atoms with Crippen LogP contribution in [0.5, 0.6) is 11.5 Å². The normalized spacial score (nSPS) is 10.1. The van der Waals surface area contributed by atoms with Gasteiger partial charge < -0.3 is 9.47 Å². The Kier molecular flexibility index (Phi) is 4.77. The van der Waals surface area contributed by atoms with Crippen LogP contribution in [0.4, 0.5) is 0 Å². The SMILES string of the molecule is COc1ccc(CCC(=O)Oc2ccc(C)cc2)cc1. The van der Waals surface area contributed by atoms with E-state index in [2.05, 4.69) is 0 Å². The van der Waals surface area contributed by atoms with E-state index in [4.69, 9.17) is 9.47 Å². The molecule has 2 aromatic rings. The van der Waals surface area contributed by atoms with Gasteiger partial charge in [0.1, 0.15) is 11.5 Å². The zero-order chi connectivity index (χ0) is 14.4. The molecule has 0 heterocycles. The molecule has 20 heavy (non-hydrogen) atoms. The van der Waals surface area contributed by atoms with E-state index in [1.165, 1.54) is 0 Å². The van der Waals surface area contributed by atoms with Crippen molar-refractivity contribution in [3.8, 4) is 11.5 Å². The molecule has 3 nitrogen and oxygen atoms in total. The van der Waals surface area contributed by atoms with Crippen LogP contribution in [0.25, 0.3) is 0 Å². The maximum Gasteiger partial charge on any atom is 0.311 e. The van der Waals surface area contributed by atoms with Gasteiger partial charge in [0.15, 0.2) is 0 Å². The minimum absolute atomic E-state index is 0.218. The van der Waals surface area contributed by atoms with Crippen LogP contribution in [-0.4, -0.2) is 13.1 Å². The summed E-state index contributed by atoms with van der Waals surface area (Å²) in [5.41, 5.74) is 2.23. The molecule has 0 bridgehead atoms. The number of hydrogen-bond donors (Lipinski definition) is 0. The second-order valence-corrected chi connectivity index (χ2v) is 4.64. The third-order valence-corrected chi connectivity index (χ3v) is 3.03. The molecule has 0 radical (unpaired) electrons. The average molecular weight is 270 g/mol. The smallest absolute Gasteiger partial charge is 0.311 e. The molecule has 104 valence electrons. The summed E-state index contributed by atoms with van der Waals surface area (Å²) in [7, 11) is 1.63. The lowest BCUT2D eigenvalue weighted by molar-refractivity contribution is -0.134. The van der Waals surface area contributed by atoms with Gasteiger partial charge >= 0.3 is 5.97 Å². The molecule has 0 aliphatic carbocycles. The lowest BCUT2D eigenvalue weighted by Gasteiger charge is -2.05. The summed E-state index contributed by atoms with van der Waals surface area (Å²) in [6.07, 6.45) is 1.02. The fourth-order valence-corrected chi connectivity index (χ4v) is 1.83. The predicted molar refractivity (Wildman–Crippen MR) is 78.1 cm³/mol. The van der Waals surface area contributed by atoms with E-state index in [-0.39, 0.29) is 5.97 Å². The van der Waals surface area contributed by atoms with E-state index in [0.717, 1.165) is 16.9 Å². The number of benzene rings is 2. The first-order valence-electron chi connectivity index (χ1n) is 6.57. The van der Waals surface area contributed by atoms with E-state index in [1.807, 2.05) is 43.3 Å². The van der Waals surface area contributed by atoms with Crippen LogP contribution < -0.4 is 9.47 Å². The van der Waals surface area contributed by atoms with Crippen molar-refractivity contribution in [3.63, 3.8) is 0 Å². The van der Waals surface area contributed by atoms with E-state index >= 15 is 0 Å². The van der Waals surface area contributed by atoms with Crippen molar-refractivity contribution in [1.82, 2.24) is 0 Å². The minimum Gasteiger partial charge on any atom is -0.497 e. The lowest BCUT2D eigenvalue weighted by atomic mass is 10.1. The van der Waals surface area contributed by atoms with Crippen molar-refractivity contribution in [2.75, 3.05) is 7.11 Å². The maximum atomic E-state index is 11.7. The van der Waals surface area contributed by atoms with Gasteiger partial charge in [0.2, 0.25) is 0 Å². The Morgan fingerprint density at radius 1 is 0.950 bits per heavy atom. The van der Waals surface area contributed by atoms with Crippen molar-refractivity contribution in [1.29, 1.82) is 0 Å². The Morgan fingerprint density at radius 2 is 1.55 bits per heavy atom. The van der Waals surface area contributed by atoms with Gasteiger partial charge in [0, 0.05) is 6.42 Å². The Labute approximate surface area is 119 Å². The molecule has 0 amide bonds. The second kappa shape index (κ2) is 6.75. The van der Waals surface area contributed by atoms with Gasteiger partial charge in [-0.15, -0.1) is 0 Å². The van der Waals surface area contributed by atoms with Crippen LogP contribution in [0.15, 0.2) is 48.5 Å². The van der Waals surface area contributed by atoms with Crippen molar-refractivity contribution < 1.29 is 14.3 Å². The zero-order valence-electron chi connectivity index (χ0n) is 11.8. The summed E-state index contributed by atoms with van der Waals surface area (Å²) in [5.74, 6) is 1.19. The van der Waals surface area contributed by atoms with Crippen LogP contribution in [0.1, 0.15) is 17.5 Å². The van der Waals surface area contributed by atoms with E-state index in [0.29, 0.717) is 18.6 Å². The fourth-order valence-electron chi connectivity index (χ4n) is 1.83. The molecule has 0 saturated heterocycles. The van der Waals surface area contributed by atoms with Crippen LogP contribution in [-0.2, 0) is 11.2 Å². The van der Waals surface area contributed by atoms with E-state index in [1.54, 1.807) is 19.2 Å². The number of rotatable bonds is 5. The topological polar surface area (TPSA) is 35.5 Å². The average Bonchev–Trinajstić information content (AvgIpc) is 2.48. The molecule has 2 rings (SSSR count). The minimum atomic E-state index is -0.218. The quantitative estimate of drug-likeness (QED) is 0.615. The molecule has 0 aliphatic rings. The Balaban J connectivity index is 1.83. The Morgan fingerprint density at radius 3 is 2.15 bits per heavy atom. The van der Waals surface area contributed by atoms with Crippen molar-refractivity contribution in [2.24, 2.45) is 0 Å². The van der Waals surface area contributed by atoms with E-state index in [9.17, 15) is 4.79 Å². The fraction of sp³-hybridized carbons (Fsp3) is 0.235. The summed E-state index contributed by atoms with van der Waals surface area (Å²) in [6.45, 7) is 2.00. The molecule has 0 N–H and O–H groups in total. The number of carbonyl (C=O) groups excluding carboxylic acids is 1. The first kappa shape index (κ1) is 14.1. The number of esters is 1. The van der Waals surface area contributed by atoms with Gasteiger partial charge in [-0.1, -0.05) is 29.8 Å². The number of aryl methyl sites for hydroxylation is 2. The molecular formula is C17H18O3. The first-order valence-corrected chi connectivity index (χ1v) is 6.57. The number of methoxy groups -OCH3 is 1. The van der Waals surface area contributed by atoms with Crippen LogP contribution >= 0.6 is 0 Å². The molecular weight excluding hydrogens is 252 g/mol.